The van der Waals surface area contributed by atoms with Gasteiger partial charge in [-0.25, -0.2) is 0 Å². The fraction of sp³-hybridized carbons (Fsp3) is 0.500. The first kappa shape index (κ1) is 15.0. The number of carbonyl (C=O) groups excluding carboxylic acids is 1. The van der Waals surface area contributed by atoms with Crippen LogP contribution in [0.5, 0.6) is 0 Å². The smallest absolute Gasteiger partial charge is 0.245 e. The quantitative estimate of drug-likeness (QED) is 0.842. The largest absolute Gasteiger partial charge is 0.297 e. The van der Waals surface area contributed by atoms with Gasteiger partial charge in [0, 0.05) is 12.2 Å². The lowest BCUT2D eigenvalue weighted by Crippen LogP contribution is -2.30. The van der Waals surface area contributed by atoms with Crippen LogP contribution in [0.1, 0.15) is 25.8 Å². The minimum Gasteiger partial charge on any atom is -0.297 e. The van der Waals surface area contributed by atoms with Crippen molar-refractivity contribution in [2.24, 2.45) is 0 Å². The van der Waals surface area contributed by atoms with Crippen molar-refractivity contribution in [1.29, 1.82) is 0 Å². The second-order valence-corrected chi connectivity index (χ2v) is 4.68. The molecule has 0 spiro atoms. The summed E-state index contributed by atoms with van der Waals surface area (Å²) in [5.41, 5.74) is 2.20. The van der Waals surface area contributed by atoms with Crippen LogP contribution in [0.2, 0.25) is 0 Å². The number of hydrogen-bond acceptors (Lipinski definition) is 2. The third kappa shape index (κ3) is 2.68. The van der Waals surface area contributed by atoms with Crippen molar-refractivity contribution in [2.75, 3.05) is 18.1 Å². The van der Waals surface area contributed by atoms with Gasteiger partial charge in [0.1, 0.15) is 0 Å². The van der Waals surface area contributed by atoms with Crippen LogP contribution in [0.3, 0.4) is 0 Å². The van der Waals surface area contributed by atoms with Gasteiger partial charge in [0.2, 0.25) is 5.91 Å². The zero-order chi connectivity index (χ0) is 12.4. The number of nitrogens with zero attached hydrogens (tertiary/aromatic N) is 2. The average Bonchev–Trinajstić information content (AvgIpc) is 2.59. The van der Waals surface area contributed by atoms with E-state index < -0.39 is 0 Å². The maximum absolute atomic E-state index is 12.2. The molecule has 0 N–H and O–H groups in total. The Balaban J connectivity index is 0.00000162. The van der Waals surface area contributed by atoms with E-state index in [1.54, 1.807) is 0 Å². The summed E-state index contributed by atoms with van der Waals surface area (Å²) < 4.78 is 0. The number of benzene rings is 1. The highest BCUT2D eigenvalue weighted by Gasteiger charge is 2.35. The highest BCUT2D eigenvalue weighted by Crippen LogP contribution is 2.25. The first-order chi connectivity index (χ1) is 8.15. The van der Waals surface area contributed by atoms with E-state index in [4.69, 9.17) is 0 Å². The topological polar surface area (TPSA) is 23.6 Å². The maximum atomic E-state index is 12.2. The molecule has 1 fully saturated rings. The molecule has 18 heavy (non-hydrogen) atoms. The molecule has 2 rings (SSSR count). The predicted molar refractivity (Wildman–Crippen MR) is 77.2 cm³/mol. The molecule has 1 aliphatic rings. The van der Waals surface area contributed by atoms with Crippen molar-refractivity contribution in [3.8, 4) is 0 Å². The molecule has 0 saturated carbocycles. The first-order valence-corrected chi connectivity index (χ1v) is 6.26. The van der Waals surface area contributed by atoms with Gasteiger partial charge in [0.05, 0.1) is 12.7 Å². The molecule has 3 nitrogen and oxygen atoms in total. The number of aryl methyl sites for hydroxylation is 1. The number of amides is 1. The normalized spacial score (nSPS) is 20.1. The number of carbonyl (C=O) groups is 1. The zero-order valence-electron chi connectivity index (χ0n) is 11.2. The molecule has 1 heterocycles. The Labute approximate surface area is 115 Å². The van der Waals surface area contributed by atoms with Crippen LogP contribution in [-0.2, 0) is 4.79 Å². The predicted octanol–water partition coefficient (Wildman–Crippen LogP) is 2.82. The van der Waals surface area contributed by atoms with Gasteiger partial charge >= 0.3 is 0 Å². The highest BCUT2D eigenvalue weighted by molar-refractivity contribution is 5.99. The van der Waals surface area contributed by atoms with Gasteiger partial charge in [-0.15, -0.1) is 12.4 Å². The molecule has 1 aliphatic heterocycles. The van der Waals surface area contributed by atoms with Gasteiger partial charge in [-0.1, -0.05) is 25.1 Å². The number of halogens is 1. The second-order valence-electron chi connectivity index (χ2n) is 4.68. The van der Waals surface area contributed by atoms with Gasteiger partial charge in [-0.3, -0.25) is 14.6 Å². The fourth-order valence-electron chi connectivity index (χ4n) is 2.37. The van der Waals surface area contributed by atoms with Crippen molar-refractivity contribution >= 4 is 24.0 Å². The van der Waals surface area contributed by atoms with Gasteiger partial charge in [0.25, 0.3) is 0 Å². The molecule has 0 aromatic heterocycles. The second kappa shape index (κ2) is 6.21. The molecule has 0 radical (unpaired) electrons. The van der Waals surface area contributed by atoms with Crippen molar-refractivity contribution in [2.45, 2.75) is 33.2 Å². The van der Waals surface area contributed by atoms with E-state index in [0.717, 1.165) is 30.9 Å². The Morgan fingerprint density at radius 1 is 1.33 bits per heavy atom. The lowest BCUT2D eigenvalue weighted by molar-refractivity contribution is -0.119. The molecule has 0 bridgehead atoms. The third-order valence-electron chi connectivity index (χ3n) is 3.41. The molecule has 1 aromatic carbocycles. The summed E-state index contributed by atoms with van der Waals surface area (Å²) >= 11 is 0. The van der Waals surface area contributed by atoms with E-state index in [9.17, 15) is 4.79 Å². The number of anilines is 1. The van der Waals surface area contributed by atoms with Crippen molar-refractivity contribution in [3.63, 3.8) is 0 Å². The summed E-state index contributed by atoms with van der Waals surface area (Å²) in [6.45, 7) is 7.90. The van der Waals surface area contributed by atoms with Crippen LogP contribution in [0.4, 0.5) is 5.69 Å². The van der Waals surface area contributed by atoms with E-state index >= 15 is 0 Å². The SMILES string of the molecule is CCCN1CN(c2ccccc2C)C(=O)C1C.Cl. The summed E-state index contributed by atoms with van der Waals surface area (Å²) in [4.78, 5) is 16.4. The fourth-order valence-corrected chi connectivity index (χ4v) is 2.37. The summed E-state index contributed by atoms with van der Waals surface area (Å²) in [6.07, 6.45) is 1.08. The van der Waals surface area contributed by atoms with Crippen LogP contribution in [0.25, 0.3) is 0 Å². The van der Waals surface area contributed by atoms with Crippen LogP contribution in [0.15, 0.2) is 24.3 Å². The van der Waals surface area contributed by atoms with E-state index in [1.165, 1.54) is 0 Å². The average molecular weight is 269 g/mol. The minimum atomic E-state index is 0. The number of rotatable bonds is 3. The summed E-state index contributed by atoms with van der Waals surface area (Å²) in [6, 6.07) is 8.08. The minimum absolute atomic E-state index is 0. The molecular formula is C14H21ClN2O. The number of para-hydroxylation sites is 1. The molecule has 100 valence electrons. The summed E-state index contributed by atoms with van der Waals surface area (Å²) in [5.74, 6) is 0.216. The molecule has 1 aromatic rings. The van der Waals surface area contributed by atoms with Crippen molar-refractivity contribution < 1.29 is 4.79 Å². The van der Waals surface area contributed by atoms with E-state index in [0.29, 0.717) is 0 Å². The van der Waals surface area contributed by atoms with Gasteiger partial charge in [-0.05, 0) is 31.9 Å². The molecule has 1 unspecified atom stereocenters. The van der Waals surface area contributed by atoms with E-state index in [1.807, 2.05) is 30.0 Å². The summed E-state index contributed by atoms with van der Waals surface area (Å²) in [7, 11) is 0. The maximum Gasteiger partial charge on any atom is 0.245 e. The Bertz CT molecular complexity index is 422. The summed E-state index contributed by atoms with van der Waals surface area (Å²) in [5, 5.41) is 0. The van der Waals surface area contributed by atoms with Crippen LogP contribution in [-0.4, -0.2) is 30.1 Å². The molecule has 0 aliphatic carbocycles. The Kier molecular flexibility index (Phi) is 5.17. The molecular weight excluding hydrogens is 248 g/mol. The molecule has 1 saturated heterocycles. The lowest BCUT2D eigenvalue weighted by atomic mass is 10.2. The number of hydrogen-bond donors (Lipinski definition) is 0. The van der Waals surface area contributed by atoms with Gasteiger partial charge in [-0.2, -0.15) is 0 Å². The highest BCUT2D eigenvalue weighted by atomic mass is 35.5. The lowest BCUT2D eigenvalue weighted by Gasteiger charge is -2.19. The monoisotopic (exact) mass is 268 g/mol. The Morgan fingerprint density at radius 3 is 2.61 bits per heavy atom. The van der Waals surface area contributed by atoms with Crippen LogP contribution in [0, 0.1) is 6.92 Å². The van der Waals surface area contributed by atoms with E-state index in [2.05, 4.69) is 24.8 Å². The van der Waals surface area contributed by atoms with Gasteiger partial charge < -0.3 is 0 Å². The standard InChI is InChI=1S/C14H20N2O.ClH/c1-4-9-15-10-16(14(17)12(15)3)13-8-6-5-7-11(13)2;/h5-8,12H,4,9-10H2,1-3H3;1H. The van der Waals surface area contributed by atoms with Crippen LogP contribution < -0.4 is 4.90 Å². The molecule has 1 atom stereocenters. The molecule has 1 amide bonds. The van der Waals surface area contributed by atoms with E-state index in [-0.39, 0.29) is 24.4 Å². The first-order valence-electron chi connectivity index (χ1n) is 6.26. The Hall–Kier alpha value is -1.06. The van der Waals surface area contributed by atoms with Gasteiger partial charge in [0.15, 0.2) is 0 Å². The molecule has 4 heteroatoms. The van der Waals surface area contributed by atoms with Crippen LogP contribution >= 0.6 is 12.4 Å². The zero-order valence-corrected chi connectivity index (χ0v) is 12.0. The Morgan fingerprint density at radius 2 is 2.00 bits per heavy atom. The van der Waals surface area contributed by atoms with Crippen molar-refractivity contribution in [3.05, 3.63) is 29.8 Å². The van der Waals surface area contributed by atoms with Crippen molar-refractivity contribution in [1.82, 2.24) is 4.90 Å². The third-order valence-corrected chi connectivity index (χ3v) is 3.41.